The zero-order valence-electron chi connectivity index (χ0n) is 14.8. The standard InChI is InChI=1S/C21H23NO3/c1-4-14-9-11-15(12-10-14)19-18(21(24)25)16-7-5-6-8-17(16)20(23)22(19)13(2)3/h5-13,18-19H,4H2,1-3H3,(H,24,25). The number of aliphatic carboxylic acids is 1. The van der Waals surface area contributed by atoms with Crippen molar-refractivity contribution in [3.63, 3.8) is 0 Å². The lowest BCUT2D eigenvalue weighted by atomic mass is 9.79. The summed E-state index contributed by atoms with van der Waals surface area (Å²) in [5, 5.41) is 9.97. The lowest BCUT2D eigenvalue weighted by Crippen LogP contribution is -2.48. The van der Waals surface area contributed by atoms with Crippen molar-refractivity contribution in [1.82, 2.24) is 4.90 Å². The molecule has 1 N–H and O–H groups in total. The van der Waals surface area contributed by atoms with Gasteiger partial charge in [0.25, 0.3) is 5.91 Å². The van der Waals surface area contributed by atoms with Crippen LogP contribution in [-0.2, 0) is 11.2 Å². The Hall–Kier alpha value is -2.62. The van der Waals surface area contributed by atoms with Gasteiger partial charge in [-0.05, 0) is 43.0 Å². The number of fused-ring (bicyclic) bond motifs is 1. The third-order valence-corrected chi connectivity index (χ3v) is 4.93. The first-order chi connectivity index (χ1) is 12.0. The maximum absolute atomic E-state index is 13.1. The molecule has 2 atom stereocenters. The average Bonchev–Trinajstić information content (AvgIpc) is 2.61. The SMILES string of the molecule is CCc1ccc(C2C(C(=O)O)c3ccccc3C(=O)N2C(C)C)cc1. The predicted octanol–water partition coefficient (Wildman–Crippen LogP) is 4.02. The maximum atomic E-state index is 13.1. The molecule has 4 nitrogen and oxygen atoms in total. The van der Waals surface area contributed by atoms with Crippen LogP contribution in [0.2, 0.25) is 0 Å². The van der Waals surface area contributed by atoms with Crippen LogP contribution >= 0.6 is 0 Å². The van der Waals surface area contributed by atoms with Crippen LogP contribution in [0.3, 0.4) is 0 Å². The van der Waals surface area contributed by atoms with E-state index < -0.39 is 17.9 Å². The fourth-order valence-electron chi connectivity index (χ4n) is 3.69. The van der Waals surface area contributed by atoms with Gasteiger partial charge in [-0.2, -0.15) is 0 Å². The smallest absolute Gasteiger partial charge is 0.313 e. The zero-order chi connectivity index (χ0) is 18.1. The number of amides is 1. The minimum atomic E-state index is -0.907. The van der Waals surface area contributed by atoms with Crippen molar-refractivity contribution in [3.05, 3.63) is 70.8 Å². The number of hydrogen-bond acceptors (Lipinski definition) is 2. The Morgan fingerprint density at radius 2 is 1.76 bits per heavy atom. The second kappa shape index (κ2) is 6.71. The Labute approximate surface area is 148 Å². The summed E-state index contributed by atoms with van der Waals surface area (Å²) in [7, 11) is 0. The molecule has 0 spiro atoms. The molecule has 0 aromatic heterocycles. The van der Waals surface area contributed by atoms with Gasteiger partial charge in [0.05, 0.1) is 6.04 Å². The summed E-state index contributed by atoms with van der Waals surface area (Å²) >= 11 is 0. The first kappa shape index (κ1) is 17.2. The Morgan fingerprint density at radius 1 is 1.12 bits per heavy atom. The second-order valence-electron chi connectivity index (χ2n) is 6.75. The van der Waals surface area contributed by atoms with Crippen LogP contribution in [0.25, 0.3) is 0 Å². The molecule has 0 bridgehead atoms. The molecule has 1 heterocycles. The number of nitrogens with zero attached hydrogens (tertiary/aromatic N) is 1. The van der Waals surface area contributed by atoms with Crippen LogP contribution in [0.4, 0.5) is 0 Å². The van der Waals surface area contributed by atoms with E-state index in [9.17, 15) is 14.7 Å². The van der Waals surface area contributed by atoms with Crippen molar-refractivity contribution < 1.29 is 14.7 Å². The molecule has 2 unspecified atom stereocenters. The number of benzene rings is 2. The first-order valence-electron chi connectivity index (χ1n) is 8.69. The van der Waals surface area contributed by atoms with Gasteiger partial charge in [0.1, 0.15) is 5.92 Å². The molecule has 2 aromatic rings. The van der Waals surface area contributed by atoms with E-state index >= 15 is 0 Å². The molecule has 130 valence electrons. The lowest BCUT2D eigenvalue weighted by molar-refractivity contribution is -0.140. The van der Waals surface area contributed by atoms with Crippen LogP contribution in [0.15, 0.2) is 48.5 Å². The minimum Gasteiger partial charge on any atom is -0.481 e. The lowest BCUT2D eigenvalue weighted by Gasteiger charge is -2.43. The van der Waals surface area contributed by atoms with Crippen LogP contribution in [0.1, 0.15) is 59.8 Å². The summed E-state index contributed by atoms with van der Waals surface area (Å²) in [5.74, 6) is -1.79. The van der Waals surface area contributed by atoms with E-state index in [-0.39, 0.29) is 11.9 Å². The third kappa shape index (κ3) is 2.93. The molecular formula is C21H23NO3. The van der Waals surface area contributed by atoms with Crippen molar-refractivity contribution in [2.75, 3.05) is 0 Å². The van der Waals surface area contributed by atoms with E-state index in [1.54, 1.807) is 29.2 Å². The monoisotopic (exact) mass is 337 g/mol. The third-order valence-electron chi connectivity index (χ3n) is 4.93. The number of carbonyl (C=O) groups excluding carboxylic acids is 1. The number of carboxylic acids is 1. The van der Waals surface area contributed by atoms with Crippen molar-refractivity contribution in [2.45, 2.75) is 45.2 Å². The topological polar surface area (TPSA) is 57.6 Å². The molecule has 0 fully saturated rings. The maximum Gasteiger partial charge on any atom is 0.313 e. The largest absolute Gasteiger partial charge is 0.481 e. The average molecular weight is 337 g/mol. The van der Waals surface area contributed by atoms with Crippen LogP contribution in [0, 0.1) is 0 Å². The van der Waals surface area contributed by atoms with Gasteiger partial charge in [-0.25, -0.2) is 0 Å². The fourth-order valence-corrected chi connectivity index (χ4v) is 3.69. The van der Waals surface area contributed by atoms with E-state index in [0.717, 1.165) is 12.0 Å². The van der Waals surface area contributed by atoms with E-state index in [4.69, 9.17) is 0 Å². The van der Waals surface area contributed by atoms with Crippen molar-refractivity contribution in [2.24, 2.45) is 0 Å². The molecule has 0 saturated carbocycles. The Bertz CT molecular complexity index is 795. The summed E-state index contributed by atoms with van der Waals surface area (Å²) in [4.78, 5) is 26.9. The molecule has 2 aromatic carbocycles. The molecule has 4 heteroatoms. The van der Waals surface area contributed by atoms with Gasteiger partial charge in [0.2, 0.25) is 0 Å². The van der Waals surface area contributed by atoms with E-state index in [1.807, 2.05) is 38.1 Å². The van der Waals surface area contributed by atoms with Gasteiger partial charge in [0.15, 0.2) is 0 Å². The first-order valence-corrected chi connectivity index (χ1v) is 8.69. The number of rotatable bonds is 4. The highest BCUT2D eigenvalue weighted by molar-refractivity contribution is 6.00. The molecular weight excluding hydrogens is 314 g/mol. The van der Waals surface area contributed by atoms with Gasteiger partial charge in [-0.3, -0.25) is 9.59 Å². The highest BCUT2D eigenvalue weighted by Crippen LogP contribution is 2.43. The molecule has 3 rings (SSSR count). The number of carbonyl (C=O) groups is 2. The van der Waals surface area contributed by atoms with Crippen molar-refractivity contribution in [3.8, 4) is 0 Å². The number of hydrogen-bond donors (Lipinski definition) is 1. The van der Waals surface area contributed by atoms with Crippen molar-refractivity contribution >= 4 is 11.9 Å². The van der Waals surface area contributed by atoms with E-state index in [0.29, 0.717) is 11.1 Å². The summed E-state index contributed by atoms with van der Waals surface area (Å²) in [5.41, 5.74) is 3.14. The van der Waals surface area contributed by atoms with Gasteiger partial charge in [-0.15, -0.1) is 0 Å². The number of aryl methyl sites for hydroxylation is 1. The number of carboxylic acid groups (broad SMARTS) is 1. The normalized spacial score (nSPS) is 19.8. The molecule has 0 aliphatic carbocycles. The molecule has 0 radical (unpaired) electrons. The summed E-state index contributed by atoms with van der Waals surface area (Å²) in [6.45, 7) is 5.94. The molecule has 1 aliphatic heterocycles. The molecule has 0 saturated heterocycles. The zero-order valence-corrected chi connectivity index (χ0v) is 14.8. The van der Waals surface area contributed by atoms with Gasteiger partial charge >= 0.3 is 5.97 Å². The van der Waals surface area contributed by atoms with Crippen molar-refractivity contribution in [1.29, 1.82) is 0 Å². The van der Waals surface area contributed by atoms with Gasteiger partial charge in [-0.1, -0.05) is 49.4 Å². The van der Waals surface area contributed by atoms with Crippen LogP contribution < -0.4 is 0 Å². The summed E-state index contributed by atoms with van der Waals surface area (Å²) in [6, 6.07) is 14.4. The van der Waals surface area contributed by atoms with E-state index in [1.165, 1.54) is 5.56 Å². The van der Waals surface area contributed by atoms with Gasteiger partial charge < -0.3 is 10.0 Å². The summed E-state index contributed by atoms with van der Waals surface area (Å²) in [6.07, 6.45) is 0.920. The predicted molar refractivity (Wildman–Crippen MR) is 96.7 cm³/mol. The highest BCUT2D eigenvalue weighted by atomic mass is 16.4. The molecule has 25 heavy (non-hydrogen) atoms. The highest BCUT2D eigenvalue weighted by Gasteiger charge is 2.45. The van der Waals surface area contributed by atoms with Crippen LogP contribution in [-0.4, -0.2) is 27.9 Å². The Balaban J connectivity index is 2.20. The minimum absolute atomic E-state index is 0.0986. The molecule has 1 amide bonds. The Morgan fingerprint density at radius 3 is 2.32 bits per heavy atom. The second-order valence-corrected chi connectivity index (χ2v) is 6.75. The fraction of sp³-hybridized carbons (Fsp3) is 0.333. The molecule has 1 aliphatic rings. The van der Waals surface area contributed by atoms with Gasteiger partial charge in [0, 0.05) is 11.6 Å². The quantitative estimate of drug-likeness (QED) is 0.916. The van der Waals surface area contributed by atoms with E-state index in [2.05, 4.69) is 6.92 Å². The summed E-state index contributed by atoms with van der Waals surface area (Å²) < 4.78 is 0. The Kier molecular flexibility index (Phi) is 4.62. The van der Waals surface area contributed by atoms with Crippen LogP contribution in [0.5, 0.6) is 0 Å².